The third kappa shape index (κ3) is 5.93. The van der Waals surface area contributed by atoms with E-state index in [-0.39, 0.29) is 23.7 Å². The van der Waals surface area contributed by atoms with Crippen molar-refractivity contribution < 1.29 is 41.4 Å². The molecule has 0 spiro atoms. The van der Waals surface area contributed by atoms with Crippen LogP contribution in [0.25, 0.3) is 10.4 Å². The number of aryl methyl sites for hydroxylation is 1. The second kappa shape index (κ2) is 11.6. The van der Waals surface area contributed by atoms with Gasteiger partial charge in [-0.25, -0.2) is 9.59 Å². The van der Waals surface area contributed by atoms with Crippen LogP contribution in [0.2, 0.25) is 0 Å². The van der Waals surface area contributed by atoms with E-state index in [0.717, 1.165) is 24.8 Å². The lowest BCUT2D eigenvalue weighted by Crippen LogP contribution is -2.51. The number of furan rings is 1. The fourth-order valence-electron chi connectivity index (χ4n) is 3.55. The van der Waals surface area contributed by atoms with Gasteiger partial charge in [0.15, 0.2) is 0 Å². The molecule has 0 aliphatic heterocycles. The number of ether oxygens (including phenoxy) is 3. The highest BCUT2D eigenvalue weighted by Crippen LogP contribution is 2.43. The number of halogens is 3. The number of esters is 2. The molecule has 2 atom stereocenters. The first-order valence-corrected chi connectivity index (χ1v) is 10.8. The van der Waals surface area contributed by atoms with Crippen LogP contribution in [0.1, 0.15) is 39.0 Å². The van der Waals surface area contributed by atoms with E-state index < -0.39 is 41.9 Å². The van der Waals surface area contributed by atoms with Crippen molar-refractivity contribution in [1.29, 1.82) is 0 Å². The van der Waals surface area contributed by atoms with Crippen LogP contribution >= 0.6 is 0 Å². The van der Waals surface area contributed by atoms with Gasteiger partial charge in [0.25, 0.3) is 5.60 Å². The molecule has 0 unspecified atom stereocenters. The van der Waals surface area contributed by atoms with Crippen molar-refractivity contribution in [3.05, 3.63) is 105 Å². The molecule has 0 saturated carbocycles. The Morgan fingerprint density at radius 1 is 1.05 bits per heavy atom. The van der Waals surface area contributed by atoms with Crippen LogP contribution in [0.3, 0.4) is 0 Å². The zero-order chi connectivity index (χ0) is 27.1. The van der Waals surface area contributed by atoms with Gasteiger partial charge in [-0.1, -0.05) is 65.8 Å². The molecule has 3 aromatic rings. The van der Waals surface area contributed by atoms with Crippen LogP contribution in [0.15, 0.2) is 76.3 Å². The number of methoxy groups -OCH3 is 1. The second-order valence-electron chi connectivity index (χ2n) is 7.75. The number of hydrogen-bond donors (Lipinski definition) is 0. The molecule has 0 radical (unpaired) electrons. The minimum absolute atomic E-state index is 0.00690. The molecule has 1 aromatic heterocycles. The Morgan fingerprint density at radius 3 is 2.24 bits per heavy atom. The monoisotopic (exact) mass is 517 g/mol. The molecule has 0 amide bonds. The maximum Gasteiger partial charge on any atom is 0.432 e. The standard InChI is InChI=1S/C25H22F3N3O6/c1-16-19(22(32)35-14-17-9-5-3-6-10-17)13-21(37-16)20(30-31-29)15-36-23(33)24(34-2,25(26,27)28)18-11-7-4-8-12-18/h3-13,20H,14-15H2,1-2H3/t20-,24+/m1/s1. The summed E-state index contributed by atoms with van der Waals surface area (Å²) < 4.78 is 62.6. The van der Waals surface area contributed by atoms with Crippen LogP contribution in [0, 0.1) is 6.92 Å². The first kappa shape index (κ1) is 27.3. The first-order chi connectivity index (χ1) is 17.6. The fourth-order valence-corrected chi connectivity index (χ4v) is 3.55. The number of benzene rings is 2. The molecule has 3 rings (SSSR count). The molecule has 0 aliphatic rings. The summed E-state index contributed by atoms with van der Waals surface area (Å²) in [4.78, 5) is 27.9. The maximum atomic E-state index is 14.1. The first-order valence-electron chi connectivity index (χ1n) is 10.8. The molecule has 2 aromatic carbocycles. The Hall–Kier alpha value is -4.28. The topological polar surface area (TPSA) is 124 Å². The molecule has 0 aliphatic carbocycles. The zero-order valence-corrected chi connectivity index (χ0v) is 19.8. The highest BCUT2D eigenvalue weighted by Gasteiger charge is 2.64. The molecule has 0 bridgehead atoms. The van der Waals surface area contributed by atoms with Crippen molar-refractivity contribution >= 4 is 11.9 Å². The Labute approximate surface area is 209 Å². The van der Waals surface area contributed by atoms with Crippen LogP contribution < -0.4 is 0 Å². The van der Waals surface area contributed by atoms with Crippen molar-refractivity contribution in [2.45, 2.75) is 31.3 Å². The minimum atomic E-state index is -5.18. The normalized spacial score (nSPS) is 13.6. The van der Waals surface area contributed by atoms with E-state index in [1.54, 1.807) is 24.3 Å². The summed E-state index contributed by atoms with van der Waals surface area (Å²) in [6.45, 7) is 0.631. The van der Waals surface area contributed by atoms with Gasteiger partial charge in [0.1, 0.15) is 36.3 Å². The molecular weight excluding hydrogens is 495 g/mol. The molecule has 0 fully saturated rings. The Kier molecular flexibility index (Phi) is 8.59. The predicted molar refractivity (Wildman–Crippen MR) is 123 cm³/mol. The lowest BCUT2D eigenvalue weighted by Gasteiger charge is -2.32. The molecular formula is C25H22F3N3O6. The molecule has 12 heteroatoms. The van der Waals surface area contributed by atoms with Gasteiger partial charge >= 0.3 is 18.1 Å². The quantitative estimate of drug-likeness (QED) is 0.142. The summed E-state index contributed by atoms with van der Waals surface area (Å²) >= 11 is 0. The Balaban J connectivity index is 1.79. The number of nitrogens with zero attached hydrogens (tertiary/aromatic N) is 3. The Bertz CT molecular complexity index is 1270. The van der Waals surface area contributed by atoms with Gasteiger partial charge in [0.2, 0.25) is 0 Å². The summed E-state index contributed by atoms with van der Waals surface area (Å²) in [7, 11) is 0.732. The van der Waals surface area contributed by atoms with Gasteiger partial charge in [-0.05, 0) is 24.1 Å². The van der Waals surface area contributed by atoms with Gasteiger partial charge in [-0.3, -0.25) is 0 Å². The van der Waals surface area contributed by atoms with E-state index in [1.165, 1.54) is 31.2 Å². The van der Waals surface area contributed by atoms with E-state index >= 15 is 0 Å². The molecule has 37 heavy (non-hydrogen) atoms. The summed E-state index contributed by atoms with van der Waals surface area (Å²) in [5, 5.41) is 3.45. The minimum Gasteiger partial charge on any atom is -0.465 e. The molecule has 0 saturated heterocycles. The van der Waals surface area contributed by atoms with Gasteiger partial charge < -0.3 is 18.6 Å². The van der Waals surface area contributed by atoms with E-state index in [2.05, 4.69) is 14.8 Å². The van der Waals surface area contributed by atoms with Crippen LogP contribution in [0.4, 0.5) is 13.2 Å². The number of carbonyl (C=O) groups is 2. The van der Waals surface area contributed by atoms with Crippen molar-refractivity contribution in [2.24, 2.45) is 5.11 Å². The SMILES string of the molecule is CO[C@](C(=O)OC[C@@H](N=[N+]=[N-])c1cc(C(=O)OCc2ccccc2)c(C)o1)(c1ccccc1)C(F)(F)F. The fraction of sp³-hybridized carbons (Fsp3) is 0.280. The van der Waals surface area contributed by atoms with Crippen molar-refractivity contribution in [2.75, 3.05) is 13.7 Å². The third-order valence-electron chi connectivity index (χ3n) is 5.43. The van der Waals surface area contributed by atoms with E-state index in [1.807, 2.05) is 6.07 Å². The maximum absolute atomic E-state index is 14.1. The van der Waals surface area contributed by atoms with E-state index in [0.29, 0.717) is 0 Å². The van der Waals surface area contributed by atoms with Crippen molar-refractivity contribution in [3.8, 4) is 0 Å². The van der Waals surface area contributed by atoms with Crippen LogP contribution in [-0.2, 0) is 31.2 Å². The summed E-state index contributed by atoms with van der Waals surface area (Å²) in [5.74, 6) is -2.49. The molecule has 194 valence electrons. The largest absolute Gasteiger partial charge is 0.465 e. The number of carbonyl (C=O) groups excluding carboxylic acids is 2. The average Bonchev–Trinajstić information content (AvgIpc) is 3.27. The smallest absolute Gasteiger partial charge is 0.432 e. The number of hydrogen-bond acceptors (Lipinski definition) is 7. The van der Waals surface area contributed by atoms with E-state index in [4.69, 9.17) is 19.4 Å². The van der Waals surface area contributed by atoms with Gasteiger partial charge in [0.05, 0.1) is 0 Å². The molecule has 0 N–H and O–H groups in total. The van der Waals surface area contributed by atoms with E-state index in [9.17, 15) is 22.8 Å². The Morgan fingerprint density at radius 2 is 1.68 bits per heavy atom. The van der Waals surface area contributed by atoms with Gasteiger partial charge in [-0.2, -0.15) is 13.2 Å². The second-order valence-corrected chi connectivity index (χ2v) is 7.75. The van der Waals surface area contributed by atoms with Crippen LogP contribution in [-0.4, -0.2) is 31.8 Å². The predicted octanol–water partition coefficient (Wildman–Crippen LogP) is 5.94. The van der Waals surface area contributed by atoms with Gasteiger partial charge in [0, 0.05) is 17.6 Å². The lowest BCUT2D eigenvalue weighted by molar-refractivity contribution is -0.276. The lowest BCUT2D eigenvalue weighted by atomic mass is 9.92. The summed E-state index contributed by atoms with van der Waals surface area (Å²) in [5.41, 5.74) is 5.81. The number of alkyl halides is 3. The highest BCUT2D eigenvalue weighted by atomic mass is 19.4. The number of rotatable bonds is 10. The highest BCUT2D eigenvalue weighted by molar-refractivity contribution is 5.90. The average molecular weight is 517 g/mol. The van der Waals surface area contributed by atoms with Crippen molar-refractivity contribution in [3.63, 3.8) is 0 Å². The summed E-state index contributed by atoms with van der Waals surface area (Å²) in [6.07, 6.45) is -5.18. The molecule has 1 heterocycles. The summed E-state index contributed by atoms with van der Waals surface area (Å²) in [6, 6.07) is 15.0. The number of azide groups is 1. The van der Waals surface area contributed by atoms with Crippen molar-refractivity contribution in [1.82, 2.24) is 0 Å². The zero-order valence-electron chi connectivity index (χ0n) is 19.8. The van der Waals surface area contributed by atoms with Crippen LogP contribution in [0.5, 0.6) is 0 Å². The van der Waals surface area contributed by atoms with Gasteiger partial charge in [-0.15, -0.1) is 0 Å². The molecule has 9 nitrogen and oxygen atoms in total. The third-order valence-corrected chi connectivity index (χ3v) is 5.43.